The molecule has 0 aliphatic heterocycles. The maximum Gasteiger partial charge on any atom is 0.233 e. The van der Waals surface area contributed by atoms with Gasteiger partial charge in [0, 0.05) is 15.4 Å². The minimum Gasteiger partial charge on any atom is -0.349 e. The van der Waals surface area contributed by atoms with Gasteiger partial charge in [-0.3, -0.25) is 4.79 Å². The van der Waals surface area contributed by atoms with Crippen LogP contribution in [0, 0.1) is 20.8 Å². The number of rotatable bonds is 5. The average molecular weight is 447 g/mol. The van der Waals surface area contributed by atoms with Gasteiger partial charge in [0.2, 0.25) is 5.91 Å². The summed E-state index contributed by atoms with van der Waals surface area (Å²) >= 11 is 13.7. The SMILES string of the molecule is Cc1cc(C)c2nc(S[C@H](C)C(=O)N[C@H](C)c3ccc(Cl)cc3Cl)cc(C)c2c1. The Morgan fingerprint density at radius 1 is 1.03 bits per heavy atom. The highest BCUT2D eigenvalue weighted by molar-refractivity contribution is 8.00. The Bertz CT molecular complexity index is 1080. The normalized spacial score (nSPS) is 13.3. The van der Waals surface area contributed by atoms with Gasteiger partial charge in [-0.1, -0.05) is 52.7 Å². The number of pyridine rings is 1. The van der Waals surface area contributed by atoms with Crippen LogP contribution in [0.5, 0.6) is 0 Å². The van der Waals surface area contributed by atoms with Crippen LogP contribution in [-0.4, -0.2) is 16.1 Å². The third-order valence-electron chi connectivity index (χ3n) is 4.89. The number of amides is 1. The van der Waals surface area contributed by atoms with E-state index in [1.165, 1.54) is 22.9 Å². The van der Waals surface area contributed by atoms with Crippen LogP contribution in [0.3, 0.4) is 0 Å². The number of carbonyl (C=O) groups is 1. The van der Waals surface area contributed by atoms with Gasteiger partial charge in [-0.2, -0.15) is 0 Å². The Hall–Kier alpha value is -1.75. The van der Waals surface area contributed by atoms with Crippen molar-refractivity contribution in [2.45, 2.75) is 50.9 Å². The van der Waals surface area contributed by atoms with Crippen molar-refractivity contribution >= 4 is 51.8 Å². The van der Waals surface area contributed by atoms with Gasteiger partial charge in [0.1, 0.15) is 0 Å². The van der Waals surface area contributed by atoms with Crippen molar-refractivity contribution in [3.63, 3.8) is 0 Å². The number of thioether (sulfide) groups is 1. The van der Waals surface area contributed by atoms with E-state index in [0.717, 1.165) is 27.1 Å². The van der Waals surface area contributed by atoms with Crippen LogP contribution in [0.15, 0.2) is 41.4 Å². The molecule has 0 spiro atoms. The second-order valence-corrected chi connectivity index (χ2v) is 9.62. The Morgan fingerprint density at radius 2 is 1.76 bits per heavy atom. The number of halogens is 2. The van der Waals surface area contributed by atoms with Crippen molar-refractivity contribution in [3.05, 3.63) is 68.7 Å². The molecule has 3 nitrogen and oxygen atoms in total. The van der Waals surface area contributed by atoms with Gasteiger partial charge in [0.15, 0.2) is 0 Å². The zero-order chi connectivity index (χ0) is 21.3. The molecule has 29 heavy (non-hydrogen) atoms. The minimum absolute atomic E-state index is 0.0614. The lowest BCUT2D eigenvalue weighted by molar-refractivity contribution is -0.120. The summed E-state index contributed by atoms with van der Waals surface area (Å²) in [6, 6.07) is 11.4. The molecule has 1 aromatic heterocycles. The Labute approximate surface area is 186 Å². The van der Waals surface area contributed by atoms with E-state index in [9.17, 15) is 4.79 Å². The number of aryl methyl sites for hydroxylation is 3. The first-order valence-electron chi connectivity index (χ1n) is 9.46. The lowest BCUT2D eigenvalue weighted by Gasteiger charge is -2.19. The van der Waals surface area contributed by atoms with E-state index >= 15 is 0 Å². The lowest BCUT2D eigenvalue weighted by atomic mass is 10.0. The smallest absolute Gasteiger partial charge is 0.233 e. The quantitative estimate of drug-likeness (QED) is 0.436. The zero-order valence-corrected chi connectivity index (χ0v) is 19.5. The van der Waals surface area contributed by atoms with Crippen molar-refractivity contribution < 1.29 is 4.79 Å². The number of nitrogens with one attached hydrogen (secondary N) is 1. The summed E-state index contributed by atoms with van der Waals surface area (Å²) in [5.41, 5.74) is 5.37. The first-order valence-corrected chi connectivity index (χ1v) is 11.1. The molecule has 0 bridgehead atoms. The van der Waals surface area contributed by atoms with Crippen LogP contribution in [0.2, 0.25) is 10.0 Å². The summed E-state index contributed by atoms with van der Waals surface area (Å²) in [5.74, 6) is -0.0614. The maximum absolute atomic E-state index is 12.7. The molecule has 152 valence electrons. The molecule has 0 aliphatic carbocycles. The van der Waals surface area contributed by atoms with Crippen LogP contribution in [0.25, 0.3) is 10.9 Å². The molecule has 1 heterocycles. The number of benzene rings is 2. The Kier molecular flexibility index (Phi) is 6.77. The van der Waals surface area contributed by atoms with Crippen LogP contribution >= 0.6 is 35.0 Å². The summed E-state index contributed by atoms with van der Waals surface area (Å²) in [4.78, 5) is 17.5. The van der Waals surface area contributed by atoms with Gasteiger partial charge in [-0.25, -0.2) is 4.98 Å². The van der Waals surface area contributed by atoms with Gasteiger partial charge in [0.25, 0.3) is 0 Å². The molecule has 1 N–H and O–H groups in total. The van der Waals surface area contributed by atoms with Crippen LogP contribution in [-0.2, 0) is 4.79 Å². The molecular formula is C23H24Cl2N2OS. The van der Waals surface area contributed by atoms with E-state index < -0.39 is 0 Å². The molecule has 0 fully saturated rings. The second kappa shape index (κ2) is 8.95. The maximum atomic E-state index is 12.7. The number of hydrogen-bond donors (Lipinski definition) is 1. The summed E-state index contributed by atoms with van der Waals surface area (Å²) in [7, 11) is 0. The monoisotopic (exact) mass is 446 g/mol. The fraction of sp³-hybridized carbons (Fsp3) is 0.304. The van der Waals surface area contributed by atoms with Crippen molar-refractivity contribution in [1.82, 2.24) is 10.3 Å². The van der Waals surface area contributed by atoms with E-state index in [2.05, 4.69) is 44.3 Å². The predicted octanol–water partition coefficient (Wildman–Crippen LogP) is 6.82. The minimum atomic E-state index is -0.293. The molecule has 3 rings (SSSR count). The first kappa shape index (κ1) is 21.9. The highest BCUT2D eigenvalue weighted by Crippen LogP contribution is 2.30. The van der Waals surface area contributed by atoms with Crippen molar-refractivity contribution in [2.75, 3.05) is 0 Å². The van der Waals surface area contributed by atoms with Gasteiger partial charge < -0.3 is 5.32 Å². The largest absolute Gasteiger partial charge is 0.349 e. The van der Waals surface area contributed by atoms with Gasteiger partial charge in [-0.15, -0.1) is 0 Å². The molecule has 2 atom stereocenters. The molecule has 0 saturated heterocycles. The third-order valence-corrected chi connectivity index (χ3v) is 6.47. The van der Waals surface area contributed by atoms with Crippen LogP contribution < -0.4 is 5.32 Å². The number of fused-ring (bicyclic) bond motifs is 1. The summed E-state index contributed by atoms with van der Waals surface area (Å²) < 4.78 is 0. The zero-order valence-electron chi connectivity index (χ0n) is 17.1. The van der Waals surface area contributed by atoms with Crippen molar-refractivity contribution in [3.8, 4) is 0 Å². The van der Waals surface area contributed by atoms with Crippen LogP contribution in [0.4, 0.5) is 0 Å². The van der Waals surface area contributed by atoms with E-state index in [-0.39, 0.29) is 17.2 Å². The van der Waals surface area contributed by atoms with Crippen LogP contribution in [0.1, 0.15) is 42.1 Å². The highest BCUT2D eigenvalue weighted by atomic mass is 35.5. The van der Waals surface area contributed by atoms with Gasteiger partial charge in [0.05, 0.1) is 21.8 Å². The first-order chi connectivity index (χ1) is 13.7. The average Bonchev–Trinajstić information content (AvgIpc) is 2.62. The van der Waals surface area contributed by atoms with Gasteiger partial charge >= 0.3 is 0 Å². The van der Waals surface area contributed by atoms with Crippen molar-refractivity contribution in [2.24, 2.45) is 0 Å². The Balaban J connectivity index is 1.75. The van der Waals surface area contributed by atoms with Gasteiger partial charge in [-0.05, 0) is 75.6 Å². The number of aromatic nitrogens is 1. The number of nitrogens with zero attached hydrogens (tertiary/aromatic N) is 1. The summed E-state index contributed by atoms with van der Waals surface area (Å²) in [6.07, 6.45) is 0. The lowest BCUT2D eigenvalue weighted by Crippen LogP contribution is -2.33. The van der Waals surface area contributed by atoms with Crippen molar-refractivity contribution in [1.29, 1.82) is 0 Å². The molecular weight excluding hydrogens is 423 g/mol. The van der Waals surface area contributed by atoms with E-state index in [4.69, 9.17) is 28.2 Å². The fourth-order valence-electron chi connectivity index (χ4n) is 3.37. The standard InChI is InChI=1S/C23H24Cl2N2OS/c1-12-8-14(3)22-19(9-12)13(2)10-21(27-22)29-16(5)23(28)26-15(4)18-7-6-17(24)11-20(18)25/h6-11,15-16H,1-5H3,(H,26,28)/t15-,16-/m1/s1. The second-order valence-electron chi connectivity index (χ2n) is 7.41. The Morgan fingerprint density at radius 3 is 2.45 bits per heavy atom. The molecule has 2 aromatic carbocycles. The number of hydrogen-bond acceptors (Lipinski definition) is 3. The molecule has 3 aromatic rings. The number of carbonyl (C=O) groups excluding carboxylic acids is 1. The molecule has 6 heteroatoms. The molecule has 0 saturated carbocycles. The third kappa shape index (κ3) is 5.06. The van der Waals surface area contributed by atoms with E-state index in [1.54, 1.807) is 12.1 Å². The van der Waals surface area contributed by atoms with E-state index in [1.807, 2.05) is 19.9 Å². The molecule has 0 radical (unpaired) electrons. The molecule has 0 unspecified atom stereocenters. The predicted molar refractivity (Wildman–Crippen MR) is 124 cm³/mol. The topological polar surface area (TPSA) is 42.0 Å². The highest BCUT2D eigenvalue weighted by Gasteiger charge is 2.20. The molecule has 0 aliphatic rings. The fourth-order valence-corrected chi connectivity index (χ4v) is 4.87. The summed E-state index contributed by atoms with van der Waals surface area (Å²) in [6.45, 7) is 10.1. The van der Waals surface area contributed by atoms with E-state index in [0.29, 0.717) is 10.0 Å². The molecule has 1 amide bonds. The summed E-state index contributed by atoms with van der Waals surface area (Å²) in [5, 5.41) is 5.87.